The smallest absolute Gasteiger partial charge is 0.255 e. The molecule has 0 aliphatic rings. The van der Waals surface area contributed by atoms with Crippen LogP contribution in [0.25, 0.3) is 16.7 Å². The van der Waals surface area contributed by atoms with Gasteiger partial charge in [-0.1, -0.05) is 26.0 Å². The van der Waals surface area contributed by atoms with Gasteiger partial charge >= 0.3 is 0 Å². The van der Waals surface area contributed by atoms with E-state index in [-0.39, 0.29) is 5.91 Å². The number of methoxy groups -OCH3 is 2. The van der Waals surface area contributed by atoms with Crippen LogP contribution in [-0.2, 0) is 0 Å². The Balaban J connectivity index is 1.61. The number of aromatic nitrogens is 3. The molecule has 0 fully saturated rings. The molecule has 164 valence electrons. The van der Waals surface area contributed by atoms with Crippen molar-refractivity contribution in [3.05, 3.63) is 71.3 Å². The predicted octanol–water partition coefficient (Wildman–Crippen LogP) is 5.12. The maximum Gasteiger partial charge on any atom is 0.255 e. The summed E-state index contributed by atoms with van der Waals surface area (Å²) in [6, 6.07) is 17.0. The molecule has 0 aliphatic heterocycles. The number of benzene rings is 3. The van der Waals surface area contributed by atoms with E-state index in [1.54, 1.807) is 30.1 Å². The Labute approximate surface area is 187 Å². The first-order chi connectivity index (χ1) is 15.4. The quantitative estimate of drug-likeness (QED) is 0.459. The normalized spacial score (nSPS) is 11.1. The molecule has 7 heteroatoms. The highest BCUT2D eigenvalue weighted by Crippen LogP contribution is 2.29. The van der Waals surface area contributed by atoms with E-state index >= 15 is 0 Å². The van der Waals surface area contributed by atoms with Gasteiger partial charge in [-0.3, -0.25) is 4.79 Å². The molecule has 0 aliphatic carbocycles. The van der Waals surface area contributed by atoms with Crippen LogP contribution >= 0.6 is 0 Å². The molecule has 1 aromatic heterocycles. The van der Waals surface area contributed by atoms with Crippen molar-refractivity contribution in [1.29, 1.82) is 0 Å². The van der Waals surface area contributed by atoms with Crippen molar-refractivity contribution < 1.29 is 14.3 Å². The molecule has 0 atom stereocenters. The minimum atomic E-state index is -0.245. The molecular weight excluding hydrogens is 404 g/mol. The second-order valence-electron chi connectivity index (χ2n) is 7.92. The van der Waals surface area contributed by atoms with E-state index in [2.05, 4.69) is 41.5 Å². The number of rotatable bonds is 6. The van der Waals surface area contributed by atoms with E-state index in [9.17, 15) is 4.79 Å². The molecule has 1 amide bonds. The summed E-state index contributed by atoms with van der Waals surface area (Å²) < 4.78 is 10.5. The molecule has 4 rings (SSSR count). The molecule has 32 heavy (non-hydrogen) atoms. The Morgan fingerprint density at radius 3 is 2.19 bits per heavy atom. The van der Waals surface area contributed by atoms with Crippen LogP contribution in [0.2, 0.25) is 0 Å². The number of ether oxygens (including phenoxy) is 2. The Morgan fingerprint density at radius 2 is 1.56 bits per heavy atom. The number of carbonyl (C=O) groups is 1. The van der Waals surface area contributed by atoms with Crippen LogP contribution in [0.4, 0.5) is 5.69 Å². The third-order valence-corrected chi connectivity index (χ3v) is 5.41. The number of aryl methyl sites for hydroxylation is 1. The zero-order valence-electron chi connectivity index (χ0n) is 18.8. The van der Waals surface area contributed by atoms with Crippen molar-refractivity contribution >= 4 is 22.6 Å². The van der Waals surface area contributed by atoms with E-state index in [0.29, 0.717) is 34.2 Å². The van der Waals surface area contributed by atoms with Crippen LogP contribution in [0, 0.1) is 6.92 Å². The zero-order chi connectivity index (χ0) is 22.8. The van der Waals surface area contributed by atoms with Crippen LogP contribution in [0.15, 0.2) is 54.6 Å². The summed E-state index contributed by atoms with van der Waals surface area (Å²) in [4.78, 5) is 14.5. The van der Waals surface area contributed by atoms with Crippen LogP contribution in [-0.4, -0.2) is 35.1 Å². The largest absolute Gasteiger partial charge is 0.493 e. The van der Waals surface area contributed by atoms with Gasteiger partial charge < -0.3 is 14.8 Å². The van der Waals surface area contributed by atoms with E-state index in [1.165, 1.54) is 12.7 Å². The molecule has 0 unspecified atom stereocenters. The Kier molecular flexibility index (Phi) is 5.81. The van der Waals surface area contributed by atoms with Gasteiger partial charge in [-0.15, -0.1) is 10.2 Å². The molecule has 0 saturated carbocycles. The van der Waals surface area contributed by atoms with E-state index in [0.717, 1.165) is 16.8 Å². The van der Waals surface area contributed by atoms with Gasteiger partial charge in [0.05, 0.1) is 19.9 Å². The van der Waals surface area contributed by atoms with Gasteiger partial charge in [0.25, 0.3) is 5.91 Å². The van der Waals surface area contributed by atoms with Crippen LogP contribution in [0.5, 0.6) is 11.5 Å². The maximum atomic E-state index is 12.8. The Bertz CT molecular complexity index is 1280. The molecule has 7 nitrogen and oxygen atoms in total. The standard InChI is InChI=1S/C25H26N4O3/c1-15(2)17-6-9-19(10-7-17)29-27-21-12-16(3)20(14-22(21)28-29)26-25(30)18-8-11-23(31-4)24(13-18)32-5/h6-15H,1-5H3,(H,26,30). The molecular formula is C25H26N4O3. The van der Waals surface area contributed by atoms with Gasteiger partial charge in [-0.05, 0) is 66.4 Å². The van der Waals surface area contributed by atoms with E-state index in [1.807, 2.05) is 31.2 Å². The lowest BCUT2D eigenvalue weighted by atomic mass is 10.0. The highest BCUT2D eigenvalue weighted by molar-refractivity contribution is 6.05. The number of hydrogen-bond donors (Lipinski definition) is 1. The average molecular weight is 431 g/mol. The van der Waals surface area contributed by atoms with Crippen LogP contribution in [0.1, 0.15) is 41.3 Å². The Morgan fingerprint density at radius 1 is 0.906 bits per heavy atom. The fraction of sp³-hybridized carbons (Fsp3) is 0.240. The number of anilines is 1. The molecule has 0 radical (unpaired) electrons. The highest BCUT2D eigenvalue weighted by Gasteiger charge is 2.14. The van der Waals surface area contributed by atoms with Gasteiger partial charge in [0.15, 0.2) is 11.5 Å². The van der Waals surface area contributed by atoms with Crippen molar-refractivity contribution in [1.82, 2.24) is 15.0 Å². The van der Waals surface area contributed by atoms with E-state index < -0.39 is 0 Å². The van der Waals surface area contributed by atoms with Gasteiger partial charge in [-0.2, -0.15) is 4.80 Å². The summed E-state index contributed by atoms with van der Waals surface area (Å²) >= 11 is 0. The van der Waals surface area contributed by atoms with Crippen LogP contribution in [0.3, 0.4) is 0 Å². The summed E-state index contributed by atoms with van der Waals surface area (Å²) in [5.74, 6) is 1.29. The average Bonchev–Trinajstić information content (AvgIpc) is 3.21. The lowest BCUT2D eigenvalue weighted by Gasteiger charge is -2.11. The lowest BCUT2D eigenvalue weighted by molar-refractivity contribution is 0.102. The maximum absolute atomic E-state index is 12.8. The first-order valence-electron chi connectivity index (χ1n) is 10.4. The van der Waals surface area contributed by atoms with Gasteiger partial charge in [0.2, 0.25) is 0 Å². The van der Waals surface area contributed by atoms with Crippen LogP contribution < -0.4 is 14.8 Å². The topological polar surface area (TPSA) is 78.3 Å². The molecule has 4 aromatic rings. The fourth-order valence-corrected chi connectivity index (χ4v) is 3.48. The number of nitrogens with one attached hydrogen (secondary N) is 1. The number of amides is 1. The van der Waals surface area contributed by atoms with Crippen molar-refractivity contribution in [3.8, 4) is 17.2 Å². The summed E-state index contributed by atoms with van der Waals surface area (Å²) in [7, 11) is 3.10. The number of fused-ring (bicyclic) bond motifs is 1. The monoisotopic (exact) mass is 430 g/mol. The number of hydrogen-bond acceptors (Lipinski definition) is 5. The summed E-state index contributed by atoms with van der Waals surface area (Å²) in [5.41, 5.74) is 5.66. The SMILES string of the molecule is COc1ccc(C(=O)Nc2cc3nn(-c4ccc(C(C)C)cc4)nc3cc2C)cc1OC. The van der Waals surface area contributed by atoms with Crippen molar-refractivity contribution in [3.63, 3.8) is 0 Å². The molecule has 1 heterocycles. The van der Waals surface area contributed by atoms with Crippen molar-refractivity contribution in [2.45, 2.75) is 26.7 Å². The molecule has 0 spiro atoms. The first-order valence-corrected chi connectivity index (χ1v) is 10.4. The fourth-order valence-electron chi connectivity index (χ4n) is 3.48. The highest BCUT2D eigenvalue weighted by atomic mass is 16.5. The number of carbonyl (C=O) groups excluding carboxylic acids is 1. The molecule has 0 bridgehead atoms. The number of nitrogens with zero attached hydrogens (tertiary/aromatic N) is 3. The van der Waals surface area contributed by atoms with Gasteiger partial charge in [-0.25, -0.2) is 0 Å². The Hall–Kier alpha value is -3.87. The first kappa shape index (κ1) is 21.4. The summed E-state index contributed by atoms with van der Waals surface area (Å²) in [6.45, 7) is 6.26. The van der Waals surface area contributed by atoms with Gasteiger partial charge in [0.1, 0.15) is 11.0 Å². The lowest BCUT2D eigenvalue weighted by Crippen LogP contribution is -2.13. The third kappa shape index (κ3) is 4.14. The molecule has 0 saturated heterocycles. The minimum absolute atomic E-state index is 0.245. The zero-order valence-corrected chi connectivity index (χ0v) is 18.8. The molecule has 3 aromatic carbocycles. The second-order valence-corrected chi connectivity index (χ2v) is 7.92. The third-order valence-electron chi connectivity index (χ3n) is 5.41. The molecule has 1 N–H and O–H groups in total. The summed E-state index contributed by atoms with van der Waals surface area (Å²) in [5, 5.41) is 12.2. The minimum Gasteiger partial charge on any atom is -0.493 e. The summed E-state index contributed by atoms with van der Waals surface area (Å²) in [6.07, 6.45) is 0. The van der Waals surface area contributed by atoms with Gasteiger partial charge in [0, 0.05) is 11.3 Å². The predicted molar refractivity (Wildman–Crippen MR) is 125 cm³/mol. The van der Waals surface area contributed by atoms with E-state index in [4.69, 9.17) is 9.47 Å². The van der Waals surface area contributed by atoms with Crippen molar-refractivity contribution in [2.75, 3.05) is 19.5 Å². The van der Waals surface area contributed by atoms with Crippen molar-refractivity contribution in [2.24, 2.45) is 0 Å². The second kappa shape index (κ2) is 8.70.